The van der Waals surface area contributed by atoms with Crippen LogP contribution in [0.3, 0.4) is 0 Å². The minimum atomic E-state index is -0.284. The van der Waals surface area contributed by atoms with Gasteiger partial charge in [0.25, 0.3) is 0 Å². The summed E-state index contributed by atoms with van der Waals surface area (Å²) in [4.78, 5) is 28.7. The number of fused-ring (bicyclic) bond motifs is 1. The zero-order valence-electron chi connectivity index (χ0n) is 18.2. The summed E-state index contributed by atoms with van der Waals surface area (Å²) in [6, 6.07) is 8.37. The molecule has 5 rings (SSSR count). The van der Waals surface area contributed by atoms with Gasteiger partial charge in [-0.25, -0.2) is 24.1 Å². The molecule has 2 N–H and O–H groups in total. The lowest BCUT2D eigenvalue weighted by Gasteiger charge is -2.32. The average Bonchev–Trinajstić information content (AvgIpc) is 3.42. The van der Waals surface area contributed by atoms with Gasteiger partial charge in [-0.1, -0.05) is 0 Å². The zero-order valence-corrected chi connectivity index (χ0v) is 19.0. The Morgan fingerprint density at radius 3 is 2.73 bits per heavy atom. The molecule has 1 aliphatic heterocycles. The second-order valence-corrected chi connectivity index (χ2v) is 8.75. The van der Waals surface area contributed by atoms with Gasteiger partial charge in [0.2, 0.25) is 5.95 Å². The van der Waals surface area contributed by atoms with Crippen molar-refractivity contribution in [2.75, 3.05) is 25.0 Å². The van der Waals surface area contributed by atoms with Crippen LogP contribution in [0.15, 0.2) is 48.1 Å². The van der Waals surface area contributed by atoms with Crippen LogP contribution in [0.25, 0.3) is 27.6 Å². The molecule has 4 aromatic rings. The maximum Gasteiger partial charge on any atom is 0.317 e. The lowest BCUT2D eigenvalue weighted by molar-refractivity contribution is 0.184. The van der Waals surface area contributed by atoms with E-state index in [0.717, 1.165) is 40.4 Å². The molecule has 1 fully saturated rings. The molecule has 4 heterocycles. The summed E-state index contributed by atoms with van der Waals surface area (Å²) < 4.78 is 15.5. The van der Waals surface area contributed by atoms with Crippen LogP contribution in [0.5, 0.6) is 0 Å². The first-order chi connectivity index (χ1) is 16.1. The quantitative estimate of drug-likeness (QED) is 0.460. The van der Waals surface area contributed by atoms with Crippen molar-refractivity contribution < 1.29 is 9.18 Å². The highest BCUT2D eigenvalue weighted by molar-refractivity contribution is 7.15. The van der Waals surface area contributed by atoms with Crippen molar-refractivity contribution in [2.45, 2.75) is 25.8 Å². The summed E-state index contributed by atoms with van der Waals surface area (Å²) >= 11 is 1.53. The molecular formula is C23H24FN7OS. The van der Waals surface area contributed by atoms with Crippen molar-refractivity contribution in [2.24, 2.45) is 0 Å². The number of carbonyl (C=O) groups is 1. The van der Waals surface area contributed by atoms with Crippen molar-refractivity contribution in [1.29, 1.82) is 0 Å². The van der Waals surface area contributed by atoms with E-state index in [1.165, 1.54) is 23.5 Å². The molecule has 0 aliphatic carbocycles. The first kappa shape index (κ1) is 21.3. The summed E-state index contributed by atoms with van der Waals surface area (Å²) in [5, 5.41) is 8.25. The predicted molar refractivity (Wildman–Crippen MR) is 127 cm³/mol. The molecule has 1 aliphatic rings. The second kappa shape index (κ2) is 9.14. The van der Waals surface area contributed by atoms with Crippen LogP contribution in [0.2, 0.25) is 0 Å². The van der Waals surface area contributed by atoms with Crippen LogP contribution in [0.4, 0.5) is 15.1 Å². The Morgan fingerprint density at radius 1 is 1.18 bits per heavy atom. The number of aromatic nitrogens is 4. The summed E-state index contributed by atoms with van der Waals surface area (Å²) in [7, 11) is 0. The van der Waals surface area contributed by atoms with E-state index in [-0.39, 0.29) is 17.9 Å². The van der Waals surface area contributed by atoms with Crippen molar-refractivity contribution in [3.63, 3.8) is 0 Å². The molecule has 2 amide bonds. The largest absolute Gasteiger partial charge is 0.351 e. The number of urea groups is 1. The van der Waals surface area contributed by atoms with Crippen LogP contribution in [0, 0.1) is 5.82 Å². The number of benzene rings is 1. The SMILES string of the molecule is CCNC(=O)N1CCC(Nc2nccc(-c3c(-c4ccc(F)cc4)nc4sccn34)n2)CC1. The zero-order chi connectivity index (χ0) is 22.8. The Kier molecular flexibility index (Phi) is 5.91. The Bertz CT molecular complexity index is 1260. The minimum absolute atomic E-state index is 0.0111. The van der Waals surface area contributed by atoms with E-state index in [1.807, 2.05) is 33.9 Å². The Labute approximate surface area is 194 Å². The molecule has 0 atom stereocenters. The van der Waals surface area contributed by atoms with Gasteiger partial charge in [-0.05, 0) is 50.1 Å². The molecule has 0 saturated carbocycles. The molecule has 33 heavy (non-hydrogen) atoms. The maximum atomic E-state index is 13.5. The number of amides is 2. The molecule has 170 valence electrons. The molecule has 3 aromatic heterocycles. The highest BCUT2D eigenvalue weighted by Crippen LogP contribution is 2.33. The Balaban J connectivity index is 1.39. The van der Waals surface area contributed by atoms with E-state index in [2.05, 4.69) is 15.6 Å². The molecule has 0 spiro atoms. The van der Waals surface area contributed by atoms with Crippen LogP contribution < -0.4 is 10.6 Å². The number of halogens is 1. The van der Waals surface area contributed by atoms with E-state index in [0.29, 0.717) is 25.6 Å². The Hall–Kier alpha value is -3.53. The number of rotatable bonds is 5. The van der Waals surface area contributed by atoms with Crippen molar-refractivity contribution in [3.05, 3.63) is 53.9 Å². The molecular weight excluding hydrogens is 441 g/mol. The van der Waals surface area contributed by atoms with Crippen LogP contribution in [-0.4, -0.2) is 56.0 Å². The maximum absolute atomic E-state index is 13.5. The fourth-order valence-electron chi connectivity index (χ4n) is 4.07. The van der Waals surface area contributed by atoms with E-state index in [4.69, 9.17) is 9.97 Å². The Morgan fingerprint density at radius 2 is 1.97 bits per heavy atom. The van der Waals surface area contributed by atoms with Crippen LogP contribution in [-0.2, 0) is 0 Å². The van der Waals surface area contributed by atoms with Crippen molar-refractivity contribution in [3.8, 4) is 22.6 Å². The lowest BCUT2D eigenvalue weighted by atomic mass is 10.1. The normalized spacial score (nSPS) is 14.5. The highest BCUT2D eigenvalue weighted by Gasteiger charge is 2.23. The third-order valence-electron chi connectivity index (χ3n) is 5.72. The van der Waals surface area contributed by atoms with Gasteiger partial charge in [0.1, 0.15) is 11.5 Å². The van der Waals surface area contributed by atoms with Gasteiger partial charge >= 0.3 is 6.03 Å². The van der Waals surface area contributed by atoms with Crippen molar-refractivity contribution >= 4 is 28.3 Å². The number of imidazole rings is 1. The number of anilines is 1. The van der Waals surface area contributed by atoms with E-state index in [9.17, 15) is 9.18 Å². The number of thiazole rings is 1. The molecule has 8 nitrogen and oxygen atoms in total. The lowest BCUT2D eigenvalue weighted by Crippen LogP contribution is -2.46. The van der Waals surface area contributed by atoms with E-state index < -0.39 is 0 Å². The second-order valence-electron chi connectivity index (χ2n) is 7.88. The average molecular weight is 466 g/mol. The number of nitrogens with zero attached hydrogens (tertiary/aromatic N) is 5. The number of piperidine rings is 1. The first-order valence-corrected chi connectivity index (χ1v) is 11.8. The number of carbonyl (C=O) groups excluding carboxylic acids is 1. The highest BCUT2D eigenvalue weighted by atomic mass is 32.1. The van der Waals surface area contributed by atoms with Crippen LogP contribution in [0.1, 0.15) is 19.8 Å². The van der Waals surface area contributed by atoms with Gasteiger partial charge in [0.15, 0.2) is 4.96 Å². The minimum Gasteiger partial charge on any atom is -0.351 e. The predicted octanol–water partition coefficient (Wildman–Crippen LogP) is 4.26. The summed E-state index contributed by atoms with van der Waals surface area (Å²) in [5.41, 5.74) is 3.15. The molecule has 1 aromatic carbocycles. The summed E-state index contributed by atoms with van der Waals surface area (Å²) in [6.45, 7) is 3.93. The summed E-state index contributed by atoms with van der Waals surface area (Å²) in [5.74, 6) is 0.257. The monoisotopic (exact) mass is 465 g/mol. The fourth-order valence-corrected chi connectivity index (χ4v) is 4.79. The van der Waals surface area contributed by atoms with Gasteiger partial charge in [-0.3, -0.25) is 4.40 Å². The summed E-state index contributed by atoms with van der Waals surface area (Å²) in [6.07, 6.45) is 5.34. The molecule has 0 radical (unpaired) electrons. The first-order valence-electron chi connectivity index (χ1n) is 11.0. The number of hydrogen-bond donors (Lipinski definition) is 2. The number of hydrogen-bond acceptors (Lipinski definition) is 6. The topological polar surface area (TPSA) is 87.5 Å². The molecule has 1 saturated heterocycles. The molecule has 0 bridgehead atoms. The third-order valence-corrected chi connectivity index (χ3v) is 6.48. The van der Waals surface area contributed by atoms with Gasteiger partial charge in [0, 0.05) is 49.0 Å². The standard InChI is InChI=1S/C23H24FN7OS/c1-2-25-22(32)30-11-8-17(9-12-30)27-21-26-10-7-18(28-21)20-19(15-3-5-16(24)6-4-15)29-23-31(20)13-14-33-23/h3-7,10,13-14,17H,2,8-9,11-12H2,1H3,(H,25,32)(H,26,27,28). The van der Waals surface area contributed by atoms with Gasteiger partial charge < -0.3 is 15.5 Å². The van der Waals surface area contributed by atoms with Gasteiger partial charge in [0.05, 0.1) is 11.4 Å². The van der Waals surface area contributed by atoms with Gasteiger partial charge in [-0.15, -0.1) is 11.3 Å². The van der Waals surface area contributed by atoms with E-state index in [1.54, 1.807) is 18.3 Å². The molecule has 0 unspecified atom stereocenters. The smallest absolute Gasteiger partial charge is 0.317 e. The number of likely N-dealkylation sites (tertiary alicyclic amines) is 1. The van der Waals surface area contributed by atoms with Crippen LogP contribution >= 0.6 is 11.3 Å². The van der Waals surface area contributed by atoms with Gasteiger partial charge in [-0.2, -0.15) is 0 Å². The van der Waals surface area contributed by atoms with E-state index >= 15 is 0 Å². The number of nitrogens with one attached hydrogen (secondary N) is 2. The van der Waals surface area contributed by atoms with Crippen molar-refractivity contribution in [1.82, 2.24) is 29.6 Å². The third kappa shape index (κ3) is 4.38. The fraction of sp³-hybridized carbons (Fsp3) is 0.304. The molecule has 10 heteroatoms.